The summed E-state index contributed by atoms with van der Waals surface area (Å²) in [6.45, 7) is 8.17. The third kappa shape index (κ3) is 16.0. The molecular formula is C28H55N2+. The highest BCUT2D eigenvalue weighted by Gasteiger charge is 2.09. The largest absolute Gasteiger partial charge is 0.254 e. The highest BCUT2D eigenvalue weighted by molar-refractivity contribution is 4.77. The van der Waals surface area contributed by atoms with Crippen molar-refractivity contribution in [1.29, 1.82) is 0 Å². The SMILES string of the molecule is CCCCCCCCCCCCCC[n+]1cc[nH]c1CCCCCCCCC(C)C. The number of nitrogens with zero attached hydrogens (tertiary/aromatic N) is 1. The minimum Gasteiger partial charge on any atom is -0.248 e. The molecule has 1 rings (SSSR count). The first-order chi connectivity index (χ1) is 14.7. The van der Waals surface area contributed by atoms with Crippen LogP contribution in [0.5, 0.6) is 0 Å². The standard InChI is InChI=1S/C28H54N2/c1-4-5-6-7-8-9-10-11-12-15-18-21-25-30-26-24-29-28(30)23-20-17-14-13-16-19-22-27(2)3/h24,26-27H,4-23,25H2,1-3H3/p+1. The van der Waals surface area contributed by atoms with E-state index in [4.69, 9.17) is 0 Å². The fourth-order valence-corrected chi connectivity index (χ4v) is 4.50. The number of nitrogens with one attached hydrogen (secondary N) is 1. The van der Waals surface area contributed by atoms with Crippen molar-refractivity contribution in [3.05, 3.63) is 18.2 Å². The number of imidazole rings is 1. The minimum atomic E-state index is 0.874. The van der Waals surface area contributed by atoms with Gasteiger partial charge in [-0.3, -0.25) is 0 Å². The highest BCUT2D eigenvalue weighted by Crippen LogP contribution is 2.13. The Morgan fingerprint density at radius 3 is 1.73 bits per heavy atom. The van der Waals surface area contributed by atoms with Crippen LogP contribution in [0.3, 0.4) is 0 Å². The number of H-pyrrole nitrogens is 1. The van der Waals surface area contributed by atoms with Crippen LogP contribution < -0.4 is 4.57 Å². The molecule has 0 aliphatic heterocycles. The van der Waals surface area contributed by atoms with Gasteiger partial charge in [0.2, 0.25) is 0 Å². The summed E-state index contributed by atoms with van der Waals surface area (Å²) >= 11 is 0. The zero-order valence-corrected chi connectivity index (χ0v) is 21.0. The van der Waals surface area contributed by atoms with Crippen LogP contribution in [0.15, 0.2) is 12.4 Å². The molecule has 1 N–H and O–H groups in total. The van der Waals surface area contributed by atoms with Gasteiger partial charge in [-0.1, -0.05) is 124 Å². The van der Waals surface area contributed by atoms with E-state index in [1.807, 2.05) is 0 Å². The number of unbranched alkanes of at least 4 members (excludes halogenated alkanes) is 16. The molecule has 30 heavy (non-hydrogen) atoms. The summed E-state index contributed by atoms with van der Waals surface area (Å²) in [6.07, 6.45) is 32.6. The van der Waals surface area contributed by atoms with Gasteiger partial charge in [-0.25, -0.2) is 9.55 Å². The Hall–Kier alpha value is -0.790. The van der Waals surface area contributed by atoms with Gasteiger partial charge >= 0.3 is 0 Å². The molecule has 0 fully saturated rings. The molecule has 0 aliphatic rings. The van der Waals surface area contributed by atoms with Crippen molar-refractivity contribution in [2.45, 2.75) is 156 Å². The van der Waals surface area contributed by atoms with E-state index < -0.39 is 0 Å². The maximum absolute atomic E-state index is 3.49. The van der Waals surface area contributed by atoms with Crippen molar-refractivity contribution in [2.24, 2.45) is 5.92 Å². The van der Waals surface area contributed by atoms with E-state index in [1.165, 1.54) is 141 Å². The zero-order chi connectivity index (χ0) is 21.7. The van der Waals surface area contributed by atoms with Crippen molar-refractivity contribution >= 4 is 0 Å². The van der Waals surface area contributed by atoms with Crippen LogP contribution in [-0.4, -0.2) is 4.98 Å². The third-order valence-corrected chi connectivity index (χ3v) is 6.55. The average Bonchev–Trinajstić information content (AvgIpc) is 3.18. The Bertz CT molecular complexity index is 463. The molecule has 0 radical (unpaired) electrons. The van der Waals surface area contributed by atoms with Crippen LogP contribution in [-0.2, 0) is 13.0 Å². The first kappa shape index (κ1) is 27.2. The number of aryl methyl sites for hydroxylation is 2. The Morgan fingerprint density at radius 2 is 1.17 bits per heavy atom. The van der Waals surface area contributed by atoms with E-state index in [-0.39, 0.29) is 0 Å². The molecular weight excluding hydrogens is 364 g/mol. The molecule has 1 aromatic rings. The number of aromatic amines is 1. The zero-order valence-electron chi connectivity index (χ0n) is 21.0. The molecule has 176 valence electrons. The summed E-state index contributed by atoms with van der Waals surface area (Å²) in [5.74, 6) is 2.32. The monoisotopic (exact) mass is 419 g/mol. The fraction of sp³-hybridized carbons (Fsp3) is 0.893. The lowest BCUT2D eigenvalue weighted by molar-refractivity contribution is -0.703. The van der Waals surface area contributed by atoms with Gasteiger partial charge in [0.15, 0.2) is 0 Å². The van der Waals surface area contributed by atoms with E-state index in [9.17, 15) is 0 Å². The molecule has 0 aliphatic carbocycles. The third-order valence-electron chi connectivity index (χ3n) is 6.55. The van der Waals surface area contributed by atoms with Crippen LogP contribution in [0.2, 0.25) is 0 Å². The van der Waals surface area contributed by atoms with Crippen molar-refractivity contribution in [2.75, 3.05) is 0 Å². The number of aromatic nitrogens is 2. The van der Waals surface area contributed by atoms with Gasteiger partial charge in [0.1, 0.15) is 12.4 Å². The normalized spacial score (nSPS) is 11.6. The maximum atomic E-state index is 3.49. The molecule has 0 saturated carbocycles. The molecule has 2 heteroatoms. The lowest BCUT2D eigenvalue weighted by atomic mass is 10.0. The van der Waals surface area contributed by atoms with Gasteiger partial charge in [-0.2, -0.15) is 0 Å². The van der Waals surface area contributed by atoms with Crippen LogP contribution in [0.4, 0.5) is 0 Å². The maximum Gasteiger partial charge on any atom is 0.254 e. The second kappa shape index (κ2) is 20.1. The summed E-state index contributed by atoms with van der Waals surface area (Å²) in [7, 11) is 0. The van der Waals surface area contributed by atoms with E-state index in [0.29, 0.717) is 0 Å². The average molecular weight is 420 g/mol. The van der Waals surface area contributed by atoms with Gasteiger partial charge in [0, 0.05) is 6.42 Å². The fourth-order valence-electron chi connectivity index (χ4n) is 4.50. The topological polar surface area (TPSA) is 19.7 Å². The van der Waals surface area contributed by atoms with Gasteiger partial charge in [0.05, 0.1) is 6.54 Å². The number of hydrogen-bond acceptors (Lipinski definition) is 0. The van der Waals surface area contributed by atoms with Gasteiger partial charge in [0.25, 0.3) is 5.82 Å². The molecule has 1 aromatic heterocycles. The lowest BCUT2D eigenvalue weighted by Gasteiger charge is -2.05. The Balaban J connectivity index is 1.93. The molecule has 0 saturated heterocycles. The van der Waals surface area contributed by atoms with Crippen LogP contribution >= 0.6 is 0 Å². The second-order valence-corrected chi connectivity index (χ2v) is 10.0. The molecule has 0 unspecified atom stereocenters. The summed E-state index contributed by atoms with van der Waals surface area (Å²) in [5.41, 5.74) is 0. The molecule has 0 amide bonds. The van der Waals surface area contributed by atoms with Crippen molar-refractivity contribution in [1.82, 2.24) is 4.98 Å². The summed E-state index contributed by atoms with van der Waals surface area (Å²) in [6, 6.07) is 0. The molecule has 0 spiro atoms. The van der Waals surface area contributed by atoms with Crippen LogP contribution in [0.1, 0.15) is 149 Å². The summed E-state index contributed by atoms with van der Waals surface area (Å²) in [5, 5.41) is 0. The van der Waals surface area contributed by atoms with Crippen molar-refractivity contribution < 1.29 is 4.57 Å². The van der Waals surface area contributed by atoms with Crippen molar-refractivity contribution in [3.63, 3.8) is 0 Å². The van der Waals surface area contributed by atoms with Gasteiger partial charge in [-0.15, -0.1) is 0 Å². The molecule has 0 aromatic carbocycles. The predicted octanol–water partition coefficient (Wildman–Crippen LogP) is 8.93. The van der Waals surface area contributed by atoms with E-state index in [1.54, 1.807) is 0 Å². The summed E-state index contributed by atoms with van der Waals surface area (Å²) in [4.78, 5) is 3.49. The van der Waals surface area contributed by atoms with Gasteiger partial charge < -0.3 is 0 Å². The van der Waals surface area contributed by atoms with E-state index in [2.05, 4.69) is 42.7 Å². The Kier molecular flexibility index (Phi) is 18.3. The number of rotatable bonds is 22. The first-order valence-electron chi connectivity index (χ1n) is 13.8. The second-order valence-electron chi connectivity index (χ2n) is 10.0. The smallest absolute Gasteiger partial charge is 0.248 e. The molecule has 2 nitrogen and oxygen atoms in total. The Morgan fingerprint density at radius 1 is 0.667 bits per heavy atom. The lowest BCUT2D eigenvalue weighted by Crippen LogP contribution is -2.36. The molecule has 0 bridgehead atoms. The predicted molar refractivity (Wildman–Crippen MR) is 133 cm³/mol. The molecule has 0 atom stereocenters. The van der Waals surface area contributed by atoms with Crippen LogP contribution in [0, 0.1) is 5.92 Å². The van der Waals surface area contributed by atoms with Crippen molar-refractivity contribution in [3.8, 4) is 0 Å². The molecule has 1 heterocycles. The minimum absolute atomic E-state index is 0.874. The number of hydrogen-bond donors (Lipinski definition) is 1. The quantitative estimate of drug-likeness (QED) is 0.143. The van der Waals surface area contributed by atoms with E-state index >= 15 is 0 Å². The highest BCUT2D eigenvalue weighted by atomic mass is 15.1. The summed E-state index contributed by atoms with van der Waals surface area (Å²) < 4.78 is 2.47. The van der Waals surface area contributed by atoms with E-state index in [0.717, 1.165) is 5.92 Å². The Labute approximate surface area is 189 Å². The van der Waals surface area contributed by atoms with Gasteiger partial charge in [-0.05, 0) is 25.2 Å². The first-order valence-corrected chi connectivity index (χ1v) is 13.8. The van der Waals surface area contributed by atoms with Crippen LogP contribution in [0.25, 0.3) is 0 Å².